The van der Waals surface area contributed by atoms with Gasteiger partial charge in [-0.1, -0.05) is 0 Å². The highest BCUT2D eigenvalue weighted by molar-refractivity contribution is 5.76. The highest BCUT2D eigenvalue weighted by Crippen LogP contribution is 2.15. The molecule has 1 amide bonds. The summed E-state index contributed by atoms with van der Waals surface area (Å²) in [6, 6.07) is 0.523. The Bertz CT molecular complexity index is 420. The molecule has 1 aliphatic heterocycles. The van der Waals surface area contributed by atoms with E-state index >= 15 is 0 Å². The predicted molar refractivity (Wildman–Crippen MR) is 74.1 cm³/mol. The van der Waals surface area contributed by atoms with Gasteiger partial charge in [0, 0.05) is 32.7 Å². The number of aromatic nitrogens is 3. The van der Waals surface area contributed by atoms with Gasteiger partial charge < -0.3 is 10.1 Å². The van der Waals surface area contributed by atoms with Crippen LogP contribution < -0.4 is 5.32 Å². The molecule has 0 aromatic carbocycles. The van der Waals surface area contributed by atoms with Crippen LogP contribution >= 0.6 is 0 Å². The molecule has 0 bridgehead atoms. The molecule has 0 radical (unpaired) electrons. The van der Waals surface area contributed by atoms with E-state index < -0.39 is 0 Å². The summed E-state index contributed by atoms with van der Waals surface area (Å²) in [6.45, 7) is 6.56. The Balaban J connectivity index is 1.80. The number of ether oxygens (including phenoxy) is 1. The largest absolute Gasteiger partial charge is 0.378 e. The molecule has 1 fully saturated rings. The molecular formula is C13H23N5O2. The summed E-state index contributed by atoms with van der Waals surface area (Å²) in [5.74, 6) is 0.0261. The number of hydrogen-bond acceptors (Lipinski definition) is 5. The standard InChI is InChI=1S/C13H23N5O2/c1-10(2)17-6-11(12(7-17)20-3)16-13(19)4-5-18-9-14-8-15-18/h8-12H,4-7H2,1-3H3,(H,16,19)/t11-,12-/m1/s1. The lowest BCUT2D eigenvalue weighted by molar-refractivity contribution is -0.122. The second kappa shape index (κ2) is 6.81. The smallest absolute Gasteiger partial charge is 0.222 e. The molecule has 0 unspecified atom stereocenters. The van der Waals surface area contributed by atoms with Crippen molar-refractivity contribution in [2.45, 2.75) is 45.0 Å². The number of likely N-dealkylation sites (tertiary alicyclic amines) is 1. The first-order valence-corrected chi connectivity index (χ1v) is 6.98. The zero-order valence-electron chi connectivity index (χ0n) is 12.3. The van der Waals surface area contributed by atoms with Crippen LogP contribution in [-0.2, 0) is 16.1 Å². The van der Waals surface area contributed by atoms with Crippen LogP contribution in [0.5, 0.6) is 0 Å². The van der Waals surface area contributed by atoms with Gasteiger partial charge in [0.2, 0.25) is 5.91 Å². The molecule has 1 N–H and O–H groups in total. The molecule has 0 aliphatic carbocycles. The molecule has 112 valence electrons. The van der Waals surface area contributed by atoms with E-state index in [9.17, 15) is 4.79 Å². The minimum absolute atomic E-state index is 0.0261. The van der Waals surface area contributed by atoms with Crippen molar-refractivity contribution in [1.29, 1.82) is 0 Å². The Morgan fingerprint density at radius 3 is 2.90 bits per heavy atom. The van der Waals surface area contributed by atoms with Crippen molar-refractivity contribution in [3.05, 3.63) is 12.7 Å². The van der Waals surface area contributed by atoms with E-state index in [1.165, 1.54) is 6.33 Å². The van der Waals surface area contributed by atoms with Gasteiger partial charge in [-0.25, -0.2) is 4.98 Å². The van der Waals surface area contributed by atoms with Crippen molar-refractivity contribution in [3.8, 4) is 0 Å². The third-order valence-electron chi connectivity index (χ3n) is 3.71. The topological polar surface area (TPSA) is 72.3 Å². The molecule has 2 atom stereocenters. The summed E-state index contributed by atoms with van der Waals surface area (Å²) in [5, 5.41) is 7.04. The lowest BCUT2D eigenvalue weighted by Crippen LogP contribution is -2.44. The summed E-state index contributed by atoms with van der Waals surface area (Å²) in [6.07, 6.45) is 3.54. The molecule has 2 rings (SSSR count). The third kappa shape index (κ3) is 3.77. The van der Waals surface area contributed by atoms with Gasteiger partial charge in [-0.15, -0.1) is 0 Å². The Kier molecular flexibility index (Phi) is 5.08. The fraction of sp³-hybridized carbons (Fsp3) is 0.769. The number of amides is 1. The lowest BCUT2D eigenvalue weighted by Gasteiger charge is -2.20. The molecule has 1 aromatic heterocycles. The number of nitrogens with zero attached hydrogens (tertiary/aromatic N) is 4. The fourth-order valence-electron chi connectivity index (χ4n) is 2.45. The third-order valence-corrected chi connectivity index (χ3v) is 3.71. The first-order valence-electron chi connectivity index (χ1n) is 6.98. The van der Waals surface area contributed by atoms with Crippen LogP contribution in [0, 0.1) is 0 Å². The first kappa shape index (κ1) is 14.9. The van der Waals surface area contributed by atoms with E-state index in [4.69, 9.17) is 4.74 Å². The number of aryl methyl sites for hydroxylation is 1. The Hall–Kier alpha value is -1.47. The van der Waals surface area contributed by atoms with E-state index in [-0.39, 0.29) is 18.1 Å². The maximum atomic E-state index is 12.0. The van der Waals surface area contributed by atoms with Gasteiger partial charge in [-0.2, -0.15) is 5.10 Å². The average molecular weight is 281 g/mol. The SMILES string of the molecule is CO[C@@H]1CN(C(C)C)C[C@H]1NC(=O)CCn1cncn1. The van der Waals surface area contributed by atoms with Crippen LogP contribution in [0.3, 0.4) is 0 Å². The van der Waals surface area contributed by atoms with E-state index in [1.54, 1.807) is 18.1 Å². The quantitative estimate of drug-likeness (QED) is 0.788. The van der Waals surface area contributed by atoms with Crippen molar-refractivity contribution in [1.82, 2.24) is 25.0 Å². The predicted octanol–water partition coefficient (Wildman–Crippen LogP) is -0.108. The summed E-state index contributed by atoms with van der Waals surface area (Å²) < 4.78 is 7.13. The second-order valence-corrected chi connectivity index (χ2v) is 5.40. The van der Waals surface area contributed by atoms with Gasteiger partial charge in [0.25, 0.3) is 0 Å². The molecular weight excluding hydrogens is 258 g/mol. The molecule has 2 heterocycles. The average Bonchev–Trinajstić information content (AvgIpc) is 3.05. The van der Waals surface area contributed by atoms with Crippen LogP contribution in [0.2, 0.25) is 0 Å². The molecule has 7 heteroatoms. The maximum Gasteiger partial charge on any atom is 0.222 e. The van der Waals surface area contributed by atoms with Gasteiger partial charge in [-0.05, 0) is 13.8 Å². The van der Waals surface area contributed by atoms with Crippen LogP contribution in [0.25, 0.3) is 0 Å². The molecule has 0 saturated carbocycles. The Morgan fingerprint density at radius 1 is 1.50 bits per heavy atom. The molecule has 1 aromatic rings. The summed E-state index contributed by atoms with van der Waals surface area (Å²) in [5.41, 5.74) is 0. The zero-order chi connectivity index (χ0) is 14.5. The number of carbonyl (C=O) groups excluding carboxylic acids is 1. The number of methoxy groups -OCH3 is 1. The summed E-state index contributed by atoms with van der Waals surface area (Å²) in [4.78, 5) is 18.2. The normalized spacial score (nSPS) is 23.4. The van der Waals surface area contributed by atoms with Gasteiger partial charge in [-0.3, -0.25) is 14.4 Å². The van der Waals surface area contributed by atoms with Gasteiger partial charge in [0.15, 0.2) is 0 Å². The first-order chi connectivity index (χ1) is 9.60. The fourth-order valence-corrected chi connectivity index (χ4v) is 2.45. The zero-order valence-corrected chi connectivity index (χ0v) is 12.3. The number of carbonyl (C=O) groups is 1. The van der Waals surface area contributed by atoms with Gasteiger partial charge >= 0.3 is 0 Å². The monoisotopic (exact) mass is 281 g/mol. The highest BCUT2D eigenvalue weighted by Gasteiger charge is 2.34. The van der Waals surface area contributed by atoms with Crippen LogP contribution in [-0.4, -0.2) is 64.0 Å². The van der Waals surface area contributed by atoms with Gasteiger partial charge in [0.05, 0.1) is 18.7 Å². The summed E-state index contributed by atoms with van der Waals surface area (Å²) in [7, 11) is 1.70. The van der Waals surface area contributed by atoms with Crippen LogP contribution in [0.4, 0.5) is 0 Å². The van der Waals surface area contributed by atoms with Gasteiger partial charge in [0.1, 0.15) is 12.7 Å². The molecule has 1 aliphatic rings. The van der Waals surface area contributed by atoms with E-state index in [0.717, 1.165) is 13.1 Å². The number of nitrogens with one attached hydrogen (secondary N) is 1. The van der Waals surface area contributed by atoms with E-state index in [1.807, 2.05) is 0 Å². The van der Waals surface area contributed by atoms with Crippen molar-refractivity contribution >= 4 is 5.91 Å². The second-order valence-electron chi connectivity index (χ2n) is 5.40. The van der Waals surface area contributed by atoms with Crippen LogP contribution in [0.1, 0.15) is 20.3 Å². The summed E-state index contributed by atoms with van der Waals surface area (Å²) >= 11 is 0. The molecule has 20 heavy (non-hydrogen) atoms. The minimum Gasteiger partial charge on any atom is -0.378 e. The lowest BCUT2D eigenvalue weighted by atomic mass is 10.2. The highest BCUT2D eigenvalue weighted by atomic mass is 16.5. The number of rotatable bonds is 6. The number of hydrogen-bond donors (Lipinski definition) is 1. The van der Waals surface area contributed by atoms with Crippen molar-refractivity contribution < 1.29 is 9.53 Å². The molecule has 0 spiro atoms. The van der Waals surface area contributed by atoms with E-state index in [0.29, 0.717) is 19.0 Å². The van der Waals surface area contributed by atoms with Crippen molar-refractivity contribution in [2.75, 3.05) is 20.2 Å². The molecule has 7 nitrogen and oxygen atoms in total. The minimum atomic E-state index is 0.0261. The van der Waals surface area contributed by atoms with E-state index in [2.05, 4.69) is 34.1 Å². The Labute approximate surface area is 119 Å². The Morgan fingerprint density at radius 2 is 2.30 bits per heavy atom. The van der Waals surface area contributed by atoms with Crippen LogP contribution in [0.15, 0.2) is 12.7 Å². The van der Waals surface area contributed by atoms with Crippen molar-refractivity contribution in [3.63, 3.8) is 0 Å². The molecule has 1 saturated heterocycles. The van der Waals surface area contributed by atoms with Crippen molar-refractivity contribution in [2.24, 2.45) is 0 Å². The maximum absolute atomic E-state index is 12.0.